The monoisotopic (exact) mass is 167 g/mol. The third-order valence-electron chi connectivity index (χ3n) is 2.01. The van der Waals surface area contributed by atoms with Gasteiger partial charge in [0.25, 0.3) is 0 Å². The van der Waals surface area contributed by atoms with Gasteiger partial charge in [-0.05, 0) is 0 Å². The summed E-state index contributed by atoms with van der Waals surface area (Å²) in [7, 11) is 7.07. The van der Waals surface area contributed by atoms with Crippen LogP contribution in [-0.4, -0.2) is 27.4 Å². The second-order valence-corrected chi connectivity index (χ2v) is 9.12. The molecule has 0 aliphatic heterocycles. The smallest absolute Gasteiger partial charge is 0.0183 e. The predicted molar refractivity (Wildman–Crippen MR) is 44.1 cm³/mol. The highest BCUT2D eigenvalue weighted by Crippen LogP contribution is 2.28. The fourth-order valence-electron chi connectivity index (χ4n) is 1.39. The lowest BCUT2D eigenvalue weighted by atomic mass is 10.0. The van der Waals surface area contributed by atoms with Gasteiger partial charge in [0.05, 0.1) is 0 Å². The van der Waals surface area contributed by atoms with Gasteiger partial charge >= 0.3 is 0 Å². The average Bonchev–Trinajstić information content (AvgIpc) is 1.90. The normalized spacial score (nSPS) is 23.0. The molecule has 0 bridgehead atoms. The maximum Gasteiger partial charge on any atom is 0.0183 e. The maximum atomic E-state index is 3.70. The van der Waals surface area contributed by atoms with Gasteiger partial charge in [-0.15, -0.1) is 0 Å². The first kappa shape index (κ1) is 7.75. The third kappa shape index (κ3) is 2.39. The summed E-state index contributed by atoms with van der Waals surface area (Å²) in [6.45, 7) is 0. The highest BCUT2D eigenvalue weighted by molar-refractivity contribution is 7.29. The molecule has 0 nitrogen and oxygen atoms in total. The summed E-state index contributed by atoms with van der Waals surface area (Å²) < 4.78 is 0. The molecule has 0 aromatic carbocycles. The first-order chi connectivity index (χ1) is 4.30. The van der Waals surface area contributed by atoms with E-state index in [1.165, 1.54) is 32.1 Å². The lowest BCUT2D eigenvalue weighted by Crippen LogP contribution is -2.23. The van der Waals surface area contributed by atoms with Crippen molar-refractivity contribution in [2.24, 2.45) is 0 Å². The zero-order chi connectivity index (χ0) is 6.69. The number of hydrogen-bond donors (Lipinski definition) is 0. The molecule has 1 saturated carbocycles. The van der Waals surface area contributed by atoms with Crippen LogP contribution in [0, 0.1) is 0 Å². The Balaban J connectivity index is 2.23. The molecule has 0 aromatic rings. The van der Waals surface area contributed by atoms with E-state index >= 15 is 0 Å². The summed E-state index contributed by atoms with van der Waals surface area (Å²) in [6.07, 6.45) is 7.26. The Hall–Kier alpha value is 0.651. The Morgan fingerprint density at radius 2 is 1.56 bits per heavy atom. The van der Waals surface area contributed by atoms with Crippen molar-refractivity contribution in [1.82, 2.24) is 0 Å². The standard InChI is InChI=1S/C6H11Si3/c7-9(8)6-4-2-1-3-5-6/h6H,1-5H2. The highest BCUT2D eigenvalue weighted by atomic mass is 29.5. The number of rotatable bonds is 1. The van der Waals surface area contributed by atoms with Gasteiger partial charge in [0, 0.05) is 27.4 Å². The molecule has 0 aromatic heterocycles. The van der Waals surface area contributed by atoms with Crippen molar-refractivity contribution in [2.45, 2.75) is 37.6 Å². The van der Waals surface area contributed by atoms with E-state index in [1.807, 2.05) is 0 Å². The molecule has 7 radical (unpaired) electrons. The molecule has 1 fully saturated rings. The predicted octanol–water partition coefficient (Wildman–Crippen LogP) is 1.15. The third-order valence-corrected chi connectivity index (χ3v) is 5.86. The van der Waals surface area contributed by atoms with Gasteiger partial charge in [-0.25, -0.2) is 0 Å². The Morgan fingerprint density at radius 3 is 1.89 bits per heavy atom. The Morgan fingerprint density at radius 1 is 1.00 bits per heavy atom. The van der Waals surface area contributed by atoms with Crippen molar-refractivity contribution >= 4 is 27.4 Å². The summed E-state index contributed by atoms with van der Waals surface area (Å²) in [5, 5.41) is 0. The first-order valence-electron chi connectivity index (χ1n) is 3.61. The molecule has 1 aliphatic carbocycles. The van der Waals surface area contributed by atoms with Crippen LogP contribution in [0.25, 0.3) is 0 Å². The topological polar surface area (TPSA) is 0 Å². The molecule has 9 heavy (non-hydrogen) atoms. The van der Waals surface area contributed by atoms with Crippen LogP contribution >= 0.6 is 0 Å². The minimum absolute atomic E-state index is 0.324. The van der Waals surface area contributed by atoms with Gasteiger partial charge in [-0.1, -0.05) is 37.6 Å². The van der Waals surface area contributed by atoms with Crippen LogP contribution in [-0.2, 0) is 0 Å². The molecule has 0 atom stereocenters. The molecule has 1 aliphatic rings. The van der Waals surface area contributed by atoms with Crippen molar-refractivity contribution in [3.63, 3.8) is 0 Å². The van der Waals surface area contributed by atoms with E-state index in [0.29, 0.717) is 0 Å². The lowest BCUT2D eigenvalue weighted by Gasteiger charge is -2.23. The molecule has 0 unspecified atom stereocenters. The Kier molecular flexibility index (Phi) is 3.21. The van der Waals surface area contributed by atoms with Crippen LogP contribution in [0.1, 0.15) is 32.1 Å². The Bertz CT molecular complexity index is 76.4. The molecule has 0 saturated heterocycles. The lowest BCUT2D eigenvalue weighted by molar-refractivity contribution is 0.502. The highest BCUT2D eigenvalue weighted by Gasteiger charge is 2.16. The van der Waals surface area contributed by atoms with E-state index in [4.69, 9.17) is 0 Å². The van der Waals surface area contributed by atoms with E-state index in [1.54, 1.807) is 0 Å². The summed E-state index contributed by atoms with van der Waals surface area (Å²) >= 11 is 0. The fraction of sp³-hybridized carbons (Fsp3) is 1.00. The van der Waals surface area contributed by atoms with Crippen molar-refractivity contribution in [3.8, 4) is 0 Å². The van der Waals surface area contributed by atoms with Gasteiger partial charge in [0.15, 0.2) is 0 Å². The summed E-state index contributed by atoms with van der Waals surface area (Å²) in [6, 6.07) is 0. The summed E-state index contributed by atoms with van der Waals surface area (Å²) in [5.74, 6) is 0. The van der Waals surface area contributed by atoms with E-state index in [9.17, 15) is 0 Å². The summed E-state index contributed by atoms with van der Waals surface area (Å²) in [5.41, 5.74) is 0.983. The molecule has 0 amide bonds. The molecule has 1 rings (SSSR count). The van der Waals surface area contributed by atoms with Gasteiger partial charge in [-0.3, -0.25) is 0 Å². The quantitative estimate of drug-likeness (QED) is 0.514. The number of hydrogen-bond acceptors (Lipinski definition) is 0. The SMILES string of the molecule is [Si][Si]([Si])C1CCCCC1. The molecular weight excluding hydrogens is 156 g/mol. The van der Waals surface area contributed by atoms with Crippen LogP contribution < -0.4 is 0 Å². The van der Waals surface area contributed by atoms with E-state index in [2.05, 4.69) is 19.5 Å². The van der Waals surface area contributed by atoms with E-state index in [-0.39, 0.29) is 7.83 Å². The van der Waals surface area contributed by atoms with Gasteiger partial charge in [0.2, 0.25) is 0 Å². The van der Waals surface area contributed by atoms with Crippen LogP contribution in [0.4, 0.5) is 0 Å². The molecular formula is C6H11Si3. The molecule has 0 N–H and O–H groups in total. The van der Waals surface area contributed by atoms with Crippen molar-refractivity contribution in [3.05, 3.63) is 0 Å². The van der Waals surface area contributed by atoms with E-state index < -0.39 is 0 Å². The van der Waals surface area contributed by atoms with Gasteiger partial charge < -0.3 is 0 Å². The van der Waals surface area contributed by atoms with Crippen molar-refractivity contribution < 1.29 is 0 Å². The Labute approximate surface area is 65.5 Å². The second-order valence-electron chi connectivity index (χ2n) is 2.75. The van der Waals surface area contributed by atoms with Crippen LogP contribution in [0.15, 0.2) is 0 Å². The first-order valence-corrected chi connectivity index (χ1v) is 8.18. The molecule has 3 heteroatoms. The second kappa shape index (κ2) is 3.73. The summed E-state index contributed by atoms with van der Waals surface area (Å²) in [4.78, 5) is 0. The van der Waals surface area contributed by atoms with E-state index in [0.717, 1.165) is 5.54 Å². The average molecular weight is 167 g/mol. The maximum absolute atomic E-state index is 3.70. The minimum Gasteiger partial charge on any atom is -0.0535 e. The largest absolute Gasteiger partial charge is 0.0535 e. The molecule has 0 heterocycles. The van der Waals surface area contributed by atoms with Gasteiger partial charge in [-0.2, -0.15) is 0 Å². The van der Waals surface area contributed by atoms with Crippen LogP contribution in [0.5, 0.6) is 0 Å². The minimum atomic E-state index is -0.324. The van der Waals surface area contributed by atoms with Gasteiger partial charge in [0.1, 0.15) is 0 Å². The van der Waals surface area contributed by atoms with Crippen molar-refractivity contribution in [2.75, 3.05) is 0 Å². The fourth-order valence-corrected chi connectivity index (χ4v) is 4.11. The molecule has 47 valence electrons. The van der Waals surface area contributed by atoms with Crippen molar-refractivity contribution in [1.29, 1.82) is 0 Å². The van der Waals surface area contributed by atoms with Crippen LogP contribution in [0.3, 0.4) is 0 Å². The zero-order valence-corrected chi connectivity index (χ0v) is 8.61. The molecule has 0 spiro atoms. The zero-order valence-electron chi connectivity index (χ0n) is 5.61. The van der Waals surface area contributed by atoms with Crippen LogP contribution in [0.2, 0.25) is 5.54 Å².